The van der Waals surface area contributed by atoms with Crippen molar-refractivity contribution in [1.29, 1.82) is 0 Å². The minimum Gasteiger partial charge on any atom is -0.454 e. The molecule has 1 unspecified atom stereocenters. The van der Waals surface area contributed by atoms with E-state index in [1.807, 2.05) is 13.1 Å². The molecule has 0 spiro atoms. The highest BCUT2D eigenvalue weighted by Gasteiger charge is 2.44. The van der Waals surface area contributed by atoms with Gasteiger partial charge in [0.2, 0.25) is 6.79 Å². The molecule has 1 atom stereocenters. The molecule has 2 aliphatic rings. The zero-order chi connectivity index (χ0) is 18.0. The third-order valence-electron chi connectivity index (χ3n) is 5.34. The number of benzene rings is 1. The van der Waals surface area contributed by atoms with Gasteiger partial charge in [0.25, 0.3) is 0 Å². The molecule has 1 fully saturated rings. The van der Waals surface area contributed by atoms with Crippen LogP contribution in [0.4, 0.5) is 0 Å². The quantitative estimate of drug-likeness (QED) is 0.357. The van der Waals surface area contributed by atoms with Crippen LogP contribution in [0.1, 0.15) is 36.8 Å². The van der Waals surface area contributed by atoms with Gasteiger partial charge in [0.05, 0.1) is 0 Å². The summed E-state index contributed by atoms with van der Waals surface area (Å²) in [5.74, 6) is 3.03. The van der Waals surface area contributed by atoms with Gasteiger partial charge in [0.1, 0.15) is 0 Å². The smallest absolute Gasteiger partial charge is 0.231 e. The first-order valence-electron chi connectivity index (χ1n) is 9.07. The maximum absolute atomic E-state index is 5.53. The van der Waals surface area contributed by atoms with Crippen molar-refractivity contribution >= 4 is 41.3 Å². The second kappa shape index (κ2) is 8.68. The van der Waals surface area contributed by atoms with E-state index in [0.717, 1.165) is 30.5 Å². The first-order valence-corrected chi connectivity index (χ1v) is 10.0. The molecule has 4 rings (SSSR count). The molecule has 0 radical (unpaired) electrons. The van der Waals surface area contributed by atoms with Crippen molar-refractivity contribution < 1.29 is 9.47 Å². The van der Waals surface area contributed by atoms with Crippen molar-refractivity contribution in [2.24, 2.45) is 4.99 Å². The Morgan fingerprint density at radius 1 is 1.22 bits per heavy atom. The molecule has 0 bridgehead atoms. The lowest BCUT2D eigenvalue weighted by Crippen LogP contribution is -2.42. The fourth-order valence-corrected chi connectivity index (χ4v) is 4.12. The lowest BCUT2D eigenvalue weighted by atomic mass is 9.95. The van der Waals surface area contributed by atoms with Gasteiger partial charge in [-0.25, -0.2) is 0 Å². The van der Waals surface area contributed by atoms with E-state index in [1.54, 1.807) is 11.3 Å². The van der Waals surface area contributed by atoms with Gasteiger partial charge in [0.15, 0.2) is 17.5 Å². The Bertz CT molecular complexity index is 791. The summed E-state index contributed by atoms with van der Waals surface area (Å²) < 4.78 is 11.0. The van der Waals surface area contributed by atoms with Crippen LogP contribution in [0.5, 0.6) is 11.5 Å². The lowest BCUT2D eigenvalue weighted by molar-refractivity contribution is 0.174. The van der Waals surface area contributed by atoms with Crippen molar-refractivity contribution in [3.8, 4) is 11.5 Å². The molecule has 2 heterocycles. The average molecular weight is 499 g/mol. The largest absolute Gasteiger partial charge is 0.454 e. The first kappa shape index (κ1) is 20.3. The van der Waals surface area contributed by atoms with Crippen LogP contribution >= 0.6 is 35.3 Å². The molecule has 0 amide bonds. The zero-order valence-corrected chi connectivity index (χ0v) is 18.8. The molecule has 27 heavy (non-hydrogen) atoms. The van der Waals surface area contributed by atoms with Gasteiger partial charge < -0.3 is 20.1 Å². The minimum absolute atomic E-state index is 0. The number of thiophene rings is 1. The topological polar surface area (TPSA) is 54.9 Å². The van der Waals surface area contributed by atoms with Crippen LogP contribution in [0.25, 0.3) is 0 Å². The summed E-state index contributed by atoms with van der Waals surface area (Å²) in [6.45, 7) is 4.30. The molecular formula is C20H26IN3O2S. The van der Waals surface area contributed by atoms with Crippen molar-refractivity contribution in [1.82, 2.24) is 10.6 Å². The van der Waals surface area contributed by atoms with Crippen LogP contribution in [0.2, 0.25) is 0 Å². The molecule has 0 saturated heterocycles. The summed E-state index contributed by atoms with van der Waals surface area (Å²) in [5.41, 5.74) is 2.87. The number of ether oxygens (including phenoxy) is 2. The molecule has 1 aliphatic heterocycles. The molecule has 2 N–H and O–H groups in total. The van der Waals surface area contributed by atoms with E-state index in [4.69, 9.17) is 9.47 Å². The standard InChI is InChI=1S/C20H25N3O2S.HI/c1-14(15-5-8-26-11-15)10-22-19(21-2)23-12-20(6-7-20)16-3-4-17-18(9-16)25-13-24-17;/h3-5,8-9,11,14H,6-7,10,12-13H2,1-2H3,(H2,21,22,23);1H. The molecule has 2 aromatic rings. The van der Waals surface area contributed by atoms with Crippen molar-refractivity contribution in [2.75, 3.05) is 26.9 Å². The Morgan fingerprint density at radius 3 is 2.74 bits per heavy atom. The molecule has 146 valence electrons. The van der Waals surface area contributed by atoms with Crippen molar-refractivity contribution in [2.45, 2.75) is 31.1 Å². The number of hydrogen-bond acceptors (Lipinski definition) is 4. The number of hydrogen-bond donors (Lipinski definition) is 2. The van der Waals surface area contributed by atoms with Gasteiger partial charge in [-0.2, -0.15) is 11.3 Å². The number of guanidine groups is 1. The number of aliphatic imine (C=N–C) groups is 1. The highest BCUT2D eigenvalue weighted by molar-refractivity contribution is 14.0. The third kappa shape index (κ3) is 4.51. The molecule has 1 saturated carbocycles. The Morgan fingerprint density at radius 2 is 2.04 bits per heavy atom. The number of nitrogens with zero attached hydrogens (tertiary/aromatic N) is 1. The van der Waals surface area contributed by atoms with E-state index >= 15 is 0 Å². The Balaban J connectivity index is 0.00000210. The van der Waals surface area contributed by atoms with Crippen LogP contribution in [0.15, 0.2) is 40.0 Å². The van der Waals surface area contributed by atoms with Crippen LogP contribution in [-0.4, -0.2) is 32.9 Å². The molecular weight excluding hydrogens is 473 g/mol. The van der Waals surface area contributed by atoms with E-state index in [2.05, 4.69) is 51.5 Å². The maximum atomic E-state index is 5.53. The fourth-order valence-electron chi connectivity index (χ4n) is 3.34. The minimum atomic E-state index is 0. The summed E-state index contributed by atoms with van der Waals surface area (Å²) in [7, 11) is 1.82. The number of nitrogens with one attached hydrogen (secondary N) is 2. The molecule has 1 aromatic carbocycles. The van der Waals surface area contributed by atoms with Gasteiger partial charge in [-0.1, -0.05) is 13.0 Å². The third-order valence-corrected chi connectivity index (χ3v) is 6.05. The normalized spacial score (nSPS) is 17.8. The van der Waals surface area contributed by atoms with E-state index in [1.165, 1.54) is 24.0 Å². The predicted octanol–water partition coefficient (Wildman–Crippen LogP) is 4.10. The van der Waals surface area contributed by atoms with E-state index in [-0.39, 0.29) is 29.4 Å². The van der Waals surface area contributed by atoms with Gasteiger partial charge in [-0.3, -0.25) is 4.99 Å². The van der Waals surface area contributed by atoms with Gasteiger partial charge in [-0.05, 0) is 58.8 Å². The monoisotopic (exact) mass is 499 g/mol. The van der Waals surface area contributed by atoms with E-state index in [0.29, 0.717) is 12.7 Å². The zero-order valence-electron chi connectivity index (χ0n) is 15.7. The second-order valence-corrected chi connectivity index (χ2v) is 7.89. The summed E-state index contributed by atoms with van der Waals surface area (Å²) in [4.78, 5) is 4.38. The van der Waals surface area contributed by atoms with E-state index < -0.39 is 0 Å². The number of fused-ring (bicyclic) bond motifs is 1. The number of rotatable bonds is 6. The summed E-state index contributed by atoms with van der Waals surface area (Å²) in [6, 6.07) is 8.50. The Labute approximate surface area is 181 Å². The van der Waals surface area contributed by atoms with Crippen LogP contribution < -0.4 is 20.1 Å². The van der Waals surface area contributed by atoms with Crippen LogP contribution in [0.3, 0.4) is 0 Å². The predicted molar refractivity (Wildman–Crippen MR) is 121 cm³/mol. The van der Waals surface area contributed by atoms with Crippen molar-refractivity contribution in [3.63, 3.8) is 0 Å². The molecule has 1 aromatic heterocycles. The molecule has 5 nitrogen and oxygen atoms in total. The van der Waals surface area contributed by atoms with Gasteiger partial charge >= 0.3 is 0 Å². The van der Waals surface area contributed by atoms with Gasteiger partial charge in [0, 0.05) is 25.6 Å². The molecule has 7 heteroatoms. The summed E-state index contributed by atoms with van der Waals surface area (Å²) >= 11 is 1.74. The van der Waals surface area contributed by atoms with E-state index in [9.17, 15) is 0 Å². The lowest BCUT2D eigenvalue weighted by Gasteiger charge is -2.20. The summed E-state index contributed by atoms with van der Waals surface area (Å²) in [6.07, 6.45) is 2.36. The fraction of sp³-hybridized carbons (Fsp3) is 0.450. The van der Waals surface area contributed by atoms with Crippen molar-refractivity contribution in [3.05, 3.63) is 46.2 Å². The number of halogens is 1. The first-order chi connectivity index (χ1) is 12.7. The second-order valence-electron chi connectivity index (χ2n) is 7.11. The maximum Gasteiger partial charge on any atom is 0.231 e. The van der Waals surface area contributed by atoms with Crippen LogP contribution in [-0.2, 0) is 5.41 Å². The summed E-state index contributed by atoms with van der Waals surface area (Å²) in [5, 5.41) is 11.3. The van der Waals surface area contributed by atoms with Gasteiger partial charge in [-0.15, -0.1) is 24.0 Å². The molecule has 1 aliphatic carbocycles. The Hall–Kier alpha value is -1.48. The van der Waals surface area contributed by atoms with Crippen LogP contribution in [0, 0.1) is 0 Å². The average Bonchev–Trinajstić information content (AvgIpc) is 3.08. The highest BCUT2D eigenvalue weighted by atomic mass is 127. The highest BCUT2D eigenvalue weighted by Crippen LogP contribution is 2.49. The SMILES string of the molecule is CN=C(NCC(C)c1ccsc1)NCC1(c2ccc3c(c2)OCO3)CC1.I. The Kier molecular flexibility index (Phi) is 6.52.